The maximum absolute atomic E-state index is 12.1. The van der Waals surface area contributed by atoms with Crippen molar-refractivity contribution in [1.29, 1.82) is 0 Å². The van der Waals surface area contributed by atoms with Crippen LogP contribution < -0.4 is 5.32 Å². The third-order valence-corrected chi connectivity index (χ3v) is 4.72. The Bertz CT molecular complexity index is 697. The van der Waals surface area contributed by atoms with Crippen molar-refractivity contribution in [1.82, 2.24) is 9.97 Å². The first-order chi connectivity index (χ1) is 10.1. The van der Waals surface area contributed by atoms with Gasteiger partial charge in [-0.1, -0.05) is 18.5 Å². The number of nitrogens with zero attached hydrogens (tertiary/aromatic N) is 2. The predicted octanol–water partition coefficient (Wildman–Crippen LogP) is 3.79. The van der Waals surface area contributed by atoms with E-state index in [1.165, 1.54) is 11.3 Å². The van der Waals surface area contributed by atoms with Crippen LogP contribution in [0.4, 0.5) is 5.95 Å². The number of hydrogen-bond donors (Lipinski definition) is 1. The lowest BCUT2D eigenvalue weighted by Crippen LogP contribution is -2.05. The normalized spacial score (nSPS) is 14.4. The molecule has 1 fully saturated rings. The van der Waals surface area contributed by atoms with Gasteiger partial charge in [-0.25, -0.2) is 14.8 Å². The molecule has 3 rings (SSSR count). The molecule has 0 atom stereocenters. The van der Waals surface area contributed by atoms with Gasteiger partial charge in [0.1, 0.15) is 14.9 Å². The number of ether oxygens (including phenoxy) is 1. The summed E-state index contributed by atoms with van der Waals surface area (Å²) >= 11 is 7.57. The van der Waals surface area contributed by atoms with Crippen molar-refractivity contribution in [2.75, 3.05) is 11.9 Å². The Balaban J connectivity index is 1.97. The Kier molecular flexibility index (Phi) is 3.99. The summed E-state index contributed by atoms with van der Waals surface area (Å²) in [6.45, 7) is 4.23. The molecule has 0 spiro atoms. The highest BCUT2D eigenvalue weighted by Crippen LogP contribution is 2.35. The molecule has 7 heteroatoms. The summed E-state index contributed by atoms with van der Waals surface area (Å²) in [5.74, 6) is 0.217. The molecule has 112 valence electrons. The van der Waals surface area contributed by atoms with Crippen LogP contribution in [0.2, 0.25) is 5.15 Å². The van der Waals surface area contributed by atoms with E-state index in [0.29, 0.717) is 28.6 Å². The molecule has 0 amide bonds. The monoisotopic (exact) mass is 325 g/mol. The topological polar surface area (TPSA) is 64.1 Å². The van der Waals surface area contributed by atoms with E-state index >= 15 is 0 Å². The summed E-state index contributed by atoms with van der Waals surface area (Å²) < 4.78 is 5.20. The number of hydrogen-bond acceptors (Lipinski definition) is 6. The minimum absolute atomic E-state index is 0.315. The molecule has 1 N–H and O–H groups in total. The summed E-state index contributed by atoms with van der Waals surface area (Å²) in [7, 11) is 0. The zero-order chi connectivity index (χ0) is 15.0. The first-order valence-electron chi connectivity index (χ1n) is 7.00. The zero-order valence-electron chi connectivity index (χ0n) is 11.9. The first-order valence-corrected chi connectivity index (χ1v) is 8.20. The molecule has 1 saturated carbocycles. The number of nitrogens with one attached hydrogen (secondary N) is 1. The summed E-state index contributed by atoms with van der Waals surface area (Å²) in [4.78, 5) is 22.1. The number of carbonyl (C=O) groups excluding carboxylic acids is 1. The molecule has 0 saturated heterocycles. The molecule has 1 aliphatic carbocycles. The Labute approximate surface area is 131 Å². The van der Waals surface area contributed by atoms with Crippen molar-refractivity contribution >= 4 is 45.1 Å². The van der Waals surface area contributed by atoms with Crippen LogP contribution in [-0.4, -0.2) is 28.6 Å². The maximum Gasteiger partial charge on any atom is 0.348 e. The molecule has 0 aromatic carbocycles. The van der Waals surface area contributed by atoms with Crippen LogP contribution in [0.5, 0.6) is 0 Å². The third kappa shape index (κ3) is 2.96. The zero-order valence-corrected chi connectivity index (χ0v) is 13.5. The Morgan fingerprint density at radius 2 is 2.24 bits per heavy atom. The van der Waals surface area contributed by atoms with Gasteiger partial charge in [0.15, 0.2) is 0 Å². The minimum atomic E-state index is -0.315. The third-order valence-electron chi connectivity index (χ3n) is 3.28. The van der Waals surface area contributed by atoms with E-state index in [-0.39, 0.29) is 5.97 Å². The second-order valence-electron chi connectivity index (χ2n) is 5.13. The fourth-order valence-electron chi connectivity index (χ4n) is 2.02. The fourth-order valence-corrected chi connectivity index (χ4v) is 3.46. The molecule has 5 nitrogen and oxygen atoms in total. The van der Waals surface area contributed by atoms with Gasteiger partial charge in [-0.05, 0) is 31.7 Å². The second kappa shape index (κ2) is 5.77. The van der Waals surface area contributed by atoms with Crippen molar-refractivity contribution in [3.05, 3.63) is 15.6 Å². The van der Waals surface area contributed by atoms with E-state index in [0.717, 1.165) is 35.0 Å². The van der Waals surface area contributed by atoms with Crippen molar-refractivity contribution < 1.29 is 9.53 Å². The summed E-state index contributed by atoms with van der Waals surface area (Å²) in [6.07, 6.45) is 3.07. The van der Waals surface area contributed by atoms with Gasteiger partial charge in [0.05, 0.1) is 12.0 Å². The largest absolute Gasteiger partial charge is 0.462 e. The Hall–Kier alpha value is -1.40. The molecule has 1 aliphatic rings. The van der Waals surface area contributed by atoms with Crippen LogP contribution >= 0.6 is 22.9 Å². The number of carbonyl (C=O) groups is 1. The molecule has 2 heterocycles. The number of rotatable bonds is 5. The van der Waals surface area contributed by atoms with Crippen molar-refractivity contribution in [2.24, 2.45) is 0 Å². The number of anilines is 1. The Morgan fingerprint density at radius 3 is 2.90 bits per heavy atom. The smallest absolute Gasteiger partial charge is 0.348 e. The number of aromatic nitrogens is 2. The lowest BCUT2D eigenvalue weighted by atomic mass is 10.2. The average molecular weight is 326 g/mol. The molecule has 2 aromatic rings. The van der Waals surface area contributed by atoms with Crippen LogP contribution in [0.25, 0.3) is 10.2 Å². The number of thiophene rings is 1. The van der Waals surface area contributed by atoms with Gasteiger partial charge in [-0.15, -0.1) is 11.3 Å². The first kappa shape index (κ1) is 14.5. The van der Waals surface area contributed by atoms with Crippen molar-refractivity contribution in [3.8, 4) is 0 Å². The van der Waals surface area contributed by atoms with Gasteiger partial charge in [-0.2, -0.15) is 0 Å². The van der Waals surface area contributed by atoms with Crippen molar-refractivity contribution in [3.63, 3.8) is 0 Å². The Morgan fingerprint density at radius 1 is 1.48 bits per heavy atom. The fraction of sp³-hybridized carbons (Fsp3) is 0.500. The van der Waals surface area contributed by atoms with Gasteiger partial charge in [0, 0.05) is 6.04 Å². The number of aryl methyl sites for hydroxylation is 1. The number of halogens is 1. The number of fused-ring (bicyclic) bond motifs is 1. The van der Waals surface area contributed by atoms with E-state index in [9.17, 15) is 4.79 Å². The van der Waals surface area contributed by atoms with E-state index < -0.39 is 0 Å². The van der Waals surface area contributed by atoms with Crippen LogP contribution in [0.3, 0.4) is 0 Å². The highest BCUT2D eigenvalue weighted by Gasteiger charge is 2.24. The van der Waals surface area contributed by atoms with Gasteiger partial charge < -0.3 is 10.1 Å². The molecule has 0 bridgehead atoms. The molecular formula is C14H16ClN3O2S. The lowest BCUT2D eigenvalue weighted by molar-refractivity contribution is 0.0510. The van der Waals surface area contributed by atoms with Crippen LogP contribution in [-0.2, 0) is 4.74 Å². The summed E-state index contributed by atoms with van der Waals surface area (Å²) in [6, 6.07) is 0.452. The number of esters is 1. The standard InChI is InChI=1S/C14H16ClN3O2S/c1-3-6-20-13(19)10-7(2)9-11(15)17-14(16-8-4-5-8)18-12(9)21-10/h8H,3-6H2,1-2H3,(H,16,17,18). The minimum Gasteiger partial charge on any atom is -0.462 e. The lowest BCUT2D eigenvalue weighted by Gasteiger charge is -2.03. The van der Waals surface area contributed by atoms with Crippen LogP contribution in [0.1, 0.15) is 41.4 Å². The second-order valence-corrected chi connectivity index (χ2v) is 6.49. The van der Waals surface area contributed by atoms with E-state index in [1.807, 2.05) is 13.8 Å². The van der Waals surface area contributed by atoms with E-state index in [4.69, 9.17) is 16.3 Å². The van der Waals surface area contributed by atoms with Gasteiger partial charge in [0.2, 0.25) is 5.95 Å². The highest BCUT2D eigenvalue weighted by molar-refractivity contribution is 7.20. The predicted molar refractivity (Wildman–Crippen MR) is 84.4 cm³/mol. The van der Waals surface area contributed by atoms with Crippen LogP contribution in [0, 0.1) is 6.92 Å². The van der Waals surface area contributed by atoms with Gasteiger partial charge in [0.25, 0.3) is 0 Å². The summed E-state index contributed by atoms with van der Waals surface area (Å²) in [5.41, 5.74) is 0.791. The molecule has 0 unspecified atom stereocenters. The van der Waals surface area contributed by atoms with E-state index in [2.05, 4.69) is 15.3 Å². The molecular weight excluding hydrogens is 310 g/mol. The molecule has 21 heavy (non-hydrogen) atoms. The quantitative estimate of drug-likeness (QED) is 0.669. The van der Waals surface area contributed by atoms with Crippen LogP contribution in [0.15, 0.2) is 0 Å². The molecule has 0 aliphatic heterocycles. The SMILES string of the molecule is CCCOC(=O)c1sc2nc(NC3CC3)nc(Cl)c2c1C. The average Bonchev–Trinajstić information content (AvgIpc) is 3.18. The van der Waals surface area contributed by atoms with Crippen molar-refractivity contribution in [2.45, 2.75) is 39.2 Å². The van der Waals surface area contributed by atoms with E-state index in [1.54, 1.807) is 0 Å². The van der Waals surface area contributed by atoms with Gasteiger partial charge in [-0.3, -0.25) is 0 Å². The highest BCUT2D eigenvalue weighted by atomic mass is 35.5. The van der Waals surface area contributed by atoms with Gasteiger partial charge >= 0.3 is 5.97 Å². The molecule has 2 aromatic heterocycles. The summed E-state index contributed by atoms with van der Waals surface area (Å²) in [5, 5.41) is 4.35. The maximum atomic E-state index is 12.1. The molecule has 0 radical (unpaired) electrons.